The standard InChI is InChI=1S/C29H36N2O8/c1-5-34-26(32)20-19(22(27(33)35-6-2)31-21(20)18-13-10-14-30-15-18)23-24(36-16-17-11-8-7-9-12-17)25-28(37-23)39-29(3,4)38-25/h7-15,19-25,28,31H,5-6,16H2,1-4H3/t19-,20-,21-,22-,23-,24-,25+,28+/m0/s1. The molecule has 3 aliphatic rings. The molecule has 0 aliphatic carbocycles. The molecule has 10 nitrogen and oxygen atoms in total. The Morgan fingerprint density at radius 3 is 2.41 bits per heavy atom. The van der Waals surface area contributed by atoms with Gasteiger partial charge in [-0.25, -0.2) is 0 Å². The van der Waals surface area contributed by atoms with E-state index in [0.29, 0.717) is 6.61 Å². The van der Waals surface area contributed by atoms with Gasteiger partial charge < -0.3 is 28.4 Å². The number of aromatic nitrogens is 1. The molecule has 210 valence electrons. The summed E-state index contributed by atoms with van der Waals surface area (Å²) in [7, 11) is 0. The molecule has 2 aromatic rings. The molecule has 10 heteroatoms. The normalized spacial score (nSPS) is 33.0. The van der Waals surface area contributed by atoms with Gasteiger partial charge >= 0.3 is 11.9 Å². The number of carbonyl (C=O) groups is 2. The number of esters is 2. The van der Waals surface area contributed by atoms with Crippen LogP contribution in [0.15, 0.2) is 54.9 Å². The highest BCUT2D eigenvalue weighted by molar-refractivity contribution is 5.82. The Morgan fingerprint density at radius 2 is 1.72 bits per heavy atom. The maximum absolute atomic E-state index is 13.6. The molecular weight excluding hydrogens is 504 g/mol. The van der Waals surface area contributed by atoms with E-state index in [1.54, 1.807) is 32.3 Å². The van der Waals surface area contributed by atoms with E-state index in [0.717, 1.165) is 11.1 Å². The molecular formula is C29H36N2O8. The number of nitrogens with one attached hydrogen (secondary N) is 1. The summed E-state index contributed by atoms with van der Waals surface area (Å²) in [5.41, 5.74) is 1.72. The molecule has 0 radical (unpaired) electrons. The van der Waals surface area contributed by atoms with Crippen LogP contribution in [0.25, 0.3) is 0 Å². The first-order valence-corrected chi connectivity index (χ1v) is 13.5. The molecule has 3 aliphatic heterocycles. The summed E-state index contributed by atoms with van der Waals surface area (Å²) in [5, 5.41) is 3.35. The van der Waals surface area contributed by atoms with E-state index in [1.165, 1.54) is 0 Å². The Morgan fingerprint density at radius 1 is 0.974 bits per heavy atom. The minimum atomic E-state index is -0.873. The summed E-state index contributed by atoms with van der Waals surface area (Å²) < 4.78 is 36.2. The van der Waals surface area contributed by atoms with E-state index in [4.69, 9.17) is 28.4 Å². The number of hydrogen-bond acceptors (Lipinski definition) is 10. The second kappa shape index (κ2) is 11.7. The van der Waals surface area contributed by atoms with Crippen molar-refractivity contribution in [1.29, 1.82) is 0 Å². The van der Waals surface area contributed by atoms with Gasteiger partial charge in [-0.15, -0.1) is 0 Å². The zero-order valence-corrected chi connectivity index (χ0v) is 22.6. The van der Waals surface area contributed by atoms with E-state index in [-0.39, 0.29) is 13.2 Å². The van der Waals surface area contributed by atoms with E-state index >= 15 is 0 Å². The number of nitrogens with zero attached hydrogens (tertiary/aromatic N) is 1. The van der Waals surface area contributed by atoms with Gasteiger partial charge in [0.25, 0.3) is 0 Å². The van der Waals surface area contributed by atoms with Gasteiger partial charge in [-0.05, 0) is 44.9 Å². The summed E-state index contributed by atoms with van der Waals surface area (Å²) in [6, 6.07) is 12.0. The Kier molecular flexibility index (Phi) is 8.29. The smallest absolute Gasteiger partial charge is 0.323 e. The zero-order valence-electron chi connectivity index (χ0n) is 22.6. The van der Waals surface area contributed by atoms with Gasteiger partial charge in [0, 0.05) is 24.4 Å². The van der Waals surface area contributed by atoms with Gasteiger partial charge in [0.05, 0.1) is 31.8 Å². The van der Waals surface area contributed by atoms with Gasteiger partial charge in [0.2, 0.25) is 0 Å². The average Bonchev–Trinajstić information content (AvgIpc) is 3.56. The number of pyridine rings is 1. The van der Waals surface area contributed by atoms with Crippen LogP contribution in [0, 0.1) is 11.8 Å². The lowest BCUT2D eigenvalue weighted by molar-refractivity contribution is -0.228. The summed E-state index contributed by atoms with van der Waals surface area (Å²) in [6.45, 7) is 7.80. The number of hydrogen-bond donors (Lipinski definition) is 1. The quantitative estimate of drug-likeness (QED) is 0.476. The lowest BCUT2D eigenvalue weighted by Gasteiger charge is -2.33. The monoisotopic (exact) mass is 540 g/mol. The highest BCUT2D eigenvalue weighted by atomic mass is 16.8. The highest BCUT2D eigenvalue weighted by Crippen LogP contribution is 2.48. The molecule has 3 saturated heterocycles. The Bertz CT molecular complexity index is 1130. The van der Waals surface area contributed by atoms with E-state index in [2.05, 4.69) is 10.3 Å². The summed E-state index contributed by atoms with van der Waals surface area (Å²) >= 11 is 0. The van der Waals surface area contributed by atoms with Gasteiger partial charge in [-0.1, -0.05) is 36.4 Å². The third-order valence-corrected chi connectivity index (χ3v) is 7.35. The maximum Gasteiger partial charge on any atom is 0.323 e. The van der Waals surface area contributed by atoms with Crippen LogP contribution in [0.3, 0.4) is 0 Å². The molecule has 39 heavy (non-hydrogen) atoms. The van der Waals surface area contributed by atoms with Gasteiger partial charge in [-0.3, -0.25) is 19.9 Å². The van der Waals surface area contributed by atoms with E-state index in [1.807, 2.05) is 50.2 Å². The van der Waals surface area contributed by atoms with Crippen molar-refractivity contribution >= 4 is 11.9 Å². The molecule has 1 N–H and O–H groups in total. The van der Waals surface area contributed by atoms with Crippen molar-refractivity contribution in [3.8, 4) is 0 Å². The summed E-state index contributed by atoms with van der Waals surface area (Å²) in [6.07, 6.45) is 0.675. The summed E-state index contributed by atoms with van der Waals surface area (Å²) in [5.74, 6) is -3.28. The number of ether oxygens (including phenoxy) is 6. The first-order valence-electron chi connectivity index (χ1n) is 13.5. The fourth-order valence-corrected chi connectivity index (χ4v) is 5.85. The molecule has 3 fully saturated rings. The fraction of sp³-hybridized carbons (Fsp3) is 0.552. The van der Waals surface area contributed by atoms with Crippen LogP contribution in [-0.4, -0.2) is 66.6 Å². The van der Waals surface area contributed by atoms with Crippen molar-refractivity contribution in [2.24, 2.45) is 11.8 Å². The van der Waals surface area contributed by atoms with E-state index < -0.39 is 66.2 Å². The van der Waals surface area contributed by atoms with Crippen LogP contribution >= 0.6 is 0 Å². The third kappa shape index (κ3) is 5.71. The lowest BCUT2D eigenvalue weighted by Crippen LogP contribution is -2.49. The second-order valence-electron chi connectivity index (χ2n) is 10.3. The Hall–Kier alpha value is -2.89. The molecule has 4 heterocycles. The molecule has 0 amide bonds. The second-order valence-corrected chi connectivity index (χ2v) is 10.3. The third-order valence-electron chi connectivity index (χ3n) is 7.35. The fourth-order valence-electron chi connectivity index (χ4n) is 5.85. The molecule has 0 spiro atoms. The molecule has 1 aromatic carbocycles. The first kappa shape index (κ1) is 27.7. The van der Waals surface area contributed by atoms with Crippen LogP contribution in [0.5, 0.6) is 0 Å². The molecule has 0 unspecified atom stereocenters. The minimum Gasteiger partial charge on any atom is -0.466 e. The maximum atomic E-state index is 13.6. The van der Waals surface area contributed by atoms with Crippen molar-refractivity contribution in [3.05, 3.63) is 66.0 Å². The topological polar surface area (TPSA) is 114 Å². The lowest BCUT2D eigenvalue weighted by atomic mass is 9.79. The highest BCUT2D eigenvalue weighted by Gasteiger charge is 2.63. The largest absolute Gasteiger partial charge is 0.466 e. The van der Waals surface area contributed by atoms with Crippen LogP contribution in [0.4, 0.5) is 0 Å². The van der Waals surface area contributed by atoms with Gasteiger partial charge in [0.1, 0.15) is 18.2 Å². The minimum absolute atomic E-state index is 0.191. The van der Waals surface area contributed by atoms with Crippen molar-refractivity contribution < 1.29 is 38.0 Å². The zero-order chi connectivity index (χ0) is 27.6. The SMILES string of the molecule is CCOC(=O)[C@H]1[C@H]([C@@H]2O[C@@H]3OC(C)(C)O[C@@H]3[C@H]2OCc2ccccc2)[C@@H](C(=O)OCC)N[C@H]1c1cccnc1. The predicted octanol–water partition coefficient (Wildman–Crippen LogP) is 2.91. The number of benzene rings is 1. The molecule has 0 saturated carbocycles. The Balaban J connectivity index is 1.53. The van der Waals surface area contributed by atoms with Crippen molar-refractivity contribution in [2.45, 2.75) is 76.8 Å². The summed E-state index contributed by atoms with van der Waals surface area (Å²) in [4.78, 5) is 31.1. The van der Waals surface area contributed by atoms with Crippen LogP contribution in [-0.2, 0) is 44.6 Å². The molecule has 1 aromatic heterocycles. The number of rotatable bonds is 9. The molecule has 5 rings (SSSR count). The van der Waals surface area contributed by atoms with Crippen molar-refractivity contribution in [1.82, 2.24) is 10.3 Å². The van der Waals surface area contributed by atoms with Crippen molar-refractivity contribution in [3.63, 3.8) is 0 Å². The first-order chi connectivity index (χ1) is 18.8. The molecule has 0 bridgehead atoms. The van der Waals surface area contributed by atoms with Gasteiger partial charge in [0.15, 0.2) is 12.1 Å². The van der Waals surface area contributed by atoms with Gasteiger partial charge in [-0.2, -0.15) is 0 Å². The van der Waals surface area contributed by atoms with Crippen LogP contribution in [0.2, 0.25) is 0 Å². The van der Waals surface area contributed by atoms with Crippen LogP contribution in [0.1, 0.15) is 44.9 Å². The number of carbonyl (C=O) groups excluding carboxylic acids is 2. The predicted molar refractivity (Wildman–Crippen MR) is 138 cm³/mol. The molecule has 8 atom stereocenters. The average molecular weight is 541 g/mol. The van der Waals surface area contributed by atoms with Crippen LogP contribution < -0.4 is 5.32 Å². The number of fused-ring (bicyclic) bond motifs is 1. The van der Waals surface area contributed by atoms with Crippen molar-refractivity contribution in [2.75, 3.05) is 13.2 Å². The van der Waals surface area contributed by atoms with E-state index in [9.17, 15) is 9.59 Å². The Labute approximate surface area is 228 Å².